The predicted octanol–water partition coefficient (Wildman–Crippen LogP) is 3.78. The van der Waals surface area contributed by atoms with Gasteiger partial charge in [0.05, 0.1) is 0 Å². The lowest BCUT2D eigenvalue weighted by molar-refractivity contribution is 0.577. The molecule has 0 saturated heterocycles. The molecule has 0 radical (unpaired) electrons. The van der Waals surface area contributed by atoms with Crippen LogP contribution in [0.5, 0.6) is 0 Å². The van der Waals surface area contributed by atoms with Crippen LogP contribution < -0.4 is 10.2 Å². The van der Waals surface area contributed by atoms with E-state index in [0.717, 1.165) is 19.5 Å². The standard InChI is InChI=1S/C18H25N3/c1-4-18(19-3)16-6-8-17(9-7-16)21(5-2)14-15-10-12-20-13-11-15/h6-13,18-19H,4-5,14H2,1-3H3. The second kappa shape index (κ2) is 7.79. The summed E-state index contributed by atoms with van der Waals surface area (Å²) in [5.41, 5.74) is 3.91. The topological polar surface area (TPSA) is 28.2 Å². The minimum absolute atomic E-state index is 0.439. The van der Waals surface area contributed by atoms with Gasteiger partial charge in [0.15, 0.2) is 0 Å². The van der Waals surface area contributed by atoms with Gasteiger partial charge in [-0.25, -0.2) is 0 Å². The zero-order valence-electron chi connectivity index (χ0n) is 13.2. The summed E-state index contributed by atoms with van der Waals surface area (Å²) in [4.78, 5) is 6.45. The van der Waals surface area contributed by atoms with E-state index in [0.29, 0.717) is 6.04 Å². The fraction of sp³-hybridized carbons (Fsp3) is 0.389. The Kier molecular flexibility index (Phi) is 5.76. The molecule has 3 heteroatoms. The molecule has 1 unspecified atom stereocenters. The van der Waals surface area contributed by atoms with E-state index in [4.69, 9.17) is 0 Å². The smallest absolute Gasteiger partial charge is 0.0430 e. The van der Waals surface area contributed by atoms with Crippen molar-refractivity contribution in [2.45, 2.75) is 32.9 Å². The van der Waals surface area contributed by atoms with Gasteiger partial charge < -0.3 is 10.2 Å². The Morgan fingerprint density at radius 3 is 2.24 bits per heavy atom. The third kappa shape index (κ3) is 4.05. The SMILES string of the molecule is CCC(NC)c1ccc(N(CC)Cc2ccncc2)cc1. The summed E-state index contributed by atoms with van der Waals surface area (Å²) in [7, 11) is 2.02. The molecule has 0 amide bonds. The highest BCUT2D eigenvalue weighted by Gasteiger charge is 2.09. The van der Waals surface area contributed by atoms with Crippen molar-refractivity contribution in [1.29, 1.82) is 0 Å². The fourth-order valence-corrected chi connectivity index (χ4v) is 2.62. The van der Waals surface area contributed by atoms with E-state index in [1.165, 1.54) is 16.8 Å². The molecule has 1 aromatic carbocycles. The highest BCUT2D eigenvalue weighted by atomic mass is 15.1. The third-order valence-corrected chi connectivity index (χ3v) is 3.92. The summed E-state index contributed by atoms with van der Waals surface area (Å²) in [6, 6.07) is 13.5. The first kappa shape index (κ1) is 15.5. The number of anilines is 1. The molecule has 0 aliphatic rings. The molecule has 21 heavy (non-hydrogen) atoms. The Balaban J connectivity index is 2.12. The molecule has 1 N–H and O–H groups in total. The van der Waals surface area contributed by atoms with Crippen molar-refractivity contribution in [2.75, 3.05) is 18.5 Å². The first-order valence-corrected chi connectivity index (χ1v) is 7.69. The van der Waals surface area contributed by atoms with Crippen LogP contribution in [0.15, 0.2) is 48.8 Å². The average molecular weight is 283 g/mol. The maximum atomic E-state index is 4.08. The van der Waals surface area contributed by atoms with E-state index < -0.39 is 0 Å². The van der Waals surface area contributed by atoms with E-state index in [1.54, 1.807) is 0 Å². The summed E-state index contributed by atoms with van der Waals surface area (Å²) >= 11 is 0. The number of nitrogens with zero attached hydrogens (tertiary/aromatic N) is 2. The van der Waals surface area contributed by atoms with Crippen LogP contribution >= 0.6 is 0 Å². The molecule has 3 nitrogen and oxygen atoms in total. The number of benzene rings is 1. The van der Waals surface area contributed by atoms with E-state index in [-0.39, 0.29) is 0 Å². The molecule has 1 heterocycles. The number of rotatable bonds is 7. The Morgan fingerprint density at radius 1 is 1.05 bits per heavy atom. The van der Waals surface area contributed by atoms with E-state index in [1.807, 2.05) is 19.4 Å². The van der Waals surface area contributed by atoms with Crippen LogP contribution in [0.2, 0.25) is 0 Å². The summed E-state index contributed by atoms with van der Waals surface area (Å²) in [5, 5.41) is 3.35. The zero-order valence-corrected chi connectivity index (χ0v) is 13.2. The van der Waals surface area contributed by atoms with Gasteiger partial charge >= 0.3 is 0 Å². The molecule has 2 aromatic rings. The van der Waals surface area contributed by atoms with Crippen molar-refractivity contribution >= 4 is 5.69 Å². The minimum atomic E-state index is 0.439. The summed E-state index contributed by atoms with van der Waals surface area (Å²) < 4.78 is 0. The molecular weight excluding hydrogens is 258 g/mol. The van der Waals surface area contributed by atoms with E-state index >= 15 is 0 Å². The molecule has 1 atom stereocenters. The van der Waals surface area contributed by atoms with Gasteiger partial charge in [-0.2, -0.15) is 0 Å². The maximum absolute atomic E-state index is 4.08. The van der Waals surface area contributed by atoms with Crippen molar-refractivity contribution in [3.8, 4) is 0 Å². The molecule has 112 valence electrons. The first-order chi connectivity index (χ1) is 10.3. The number of hydrogen-bond acceptors (Lipinski definition) is 3. The van der Waals surface area contributed by atoms with Gasteiger partial charge in [-0.3, -0.25) is 4.98 Å². The van der Waals surface area contributed by atoms with Crippen molar-refractivity contribution < 1.29 is 0 Å². The lowest BCUT2D eigenvalue weighted by Crippen LogP contribution is -2.22. The van der Waals surface area contributed by atoms with Gasteiger partial charge in [0.25, 0.3) is 0 Å². The molecule has 0 saturated carbocycles. The molecule has 0 bridgehead atoms. The van der Waals surface area contributed by atoms with Crippen molar-refractivity contribution in [1.82, 2.24) is 10.3 Å². The second-order valence-corrected chi connectivity index (χ2v) is 5.21. The van der Waals surface area contributed by atoms with Crippen LogP contribution in [0.4, 0.5) is 5.69 Å². The maximum Gasteiger partial charge on any atom is 0.0430 e. The summed E-state index contributed by atoms with van der Waals surface area (Å²) in [5.74, 6) is 0. The number of hydrogen-bond donors (Lipinski definition) is 1. The first-order valence-electron chi connectivity index (χ1n) is 7.69. The quantitative estimate of drug-likeness (QED) is 0.838. The van der Waals surface area contributed by atoms with Crippen LogP contribution in [0, 0.1) is 0 Å². The van der Waals surface area contributed by atoms with Gasteiger partial charge in [0, 0.05) is 37.2 Å². The highest BCUT2D eigenvalue weighted by molar-refractivity contribution is 5.48. The largest absolute Gasteiger partial charge is 0.367 e. The van der Waals surface area contributed by atoms with Crippen molar-refractivity contribution in [2.24, 2.45) is 0 Å². The molecule has 0 aliphatic heterocycles. The van der Waals surface area contributed by atoms with E-state index in [9.17, 15) is 0 Å². The number of pyridine rings is 1. The minimum Gasteiger partial charge on any atom is -0.367 e. The molecule has 0 spiro atoms. The Labute approximate surface area is 128 Å². The molecule has 1 aromatic heterocycles. The lowest BCUT2D eigenvalue weighted by Gasteiger charge is -2.24. The molecule has 2 rings (SSSR count). The van der Waals surface area contributed by atoms with E-state index in [2.05, 4.69) is 65.4 Å². The van der Waals surface area contributed by atoms with Crippen LogP contribution in [0.3, 0.4) is 0 Å². The Bertz CT molecular complexity index is 518. The highest BCUT2D eigenvalue weighted by Crippen LogP contribution is 2.22. The normalized spacial score (nSPS) is 12.1. The number of nitrogens with one attached hydrogen (secondary N) is 1. The van der Waals surface area contributed by atoms with Crippen molar-refractivity contribution in [3.63, 3.8) is 0 Å². The summed E-state index contributed by atoms with van der Waals surface area (Å²) in [6.45, 7) is 6.31. The summed E-state index contributed by atoms with van der Waals surface area (Å²) in [6.07, 6.45) is 4.81. The predicted molar refractivity (Wildman–Crippen MR) is 89.5 cm³/mol. The van der Waals surface area contributed by atoms with Gasteiger partial charge in [0.1, 0.15) is 0 Å². The number of aromatic nitrogens is 1. The van der Waals surface area contributed by atoms with Gasteiger partial charge in [-0.05, 0) is 55.8 Å². The van der Waals surface area contributed by atoms with Gasteiger partial charge in [0.2, 0.25) is 0 Å². The Morgan fingerprint density at radius 2 is 1.71 bits per heavy atom. The van der Waals surface area contributed by atoms with Crippen molar-refractivity contribution in [3.05, 3.63) is 59.9 Å². The lowest BCUT2D eigenvalue weighted by atomic mass is 10.0. The average Bonchev–Trinajstić information content (AvgIpc) is 2.55. The van der Waals surface area contributed by atoms with Gasteiger partial charge in [-0.1, -0.05) is 19.1 Å². The van der Waals surface area contributed by atoms with Crippen LogP contribution in [0.25, 0.3) is 0 Å². The van der Waals surface area contributed by atoms with Gasteiger partial charge in [-0.15, -0.1) is 0 Å². The van der Waals surface area contributed by atoms with Crippen LogP contribution in [-0.2, 0) is 6.54 Å². The second-order valence-electron chi connectivity index (χ2n) is 5.21. The van der Waals surface area contributed by atoms with Crippen LogP contribution in [-0.4, -0.2) is 18.6 Å². The molecular formula is C18H25N3. The molecule has 0 aliphatic carbocycles. The molecule has 0 fully saturated rings. The third-order valence-electron chi connectivity index (χ3n) is 3.92. The zero-order chi connectivity index (χ0) is 15.1. The fourth-order valence-electron chi connectivity index (χ4n) is 2.62. The Hall–Kier alpha value is -1.87. The monoisotopic (exact) mass is 283 g/mol. The van der Waals surface area contributed by atoms with Crippen LogP contribution in [0.1, 0.15) is 37.4 Å².